The van der Waals surface area contributed by atoms with Gasteiger partial charge in [0.05, 0.1) is 25.2 Å². The fourth-order valence-electron chi connectivity index (χ4n) is 1.84. The zero-order chi connectivity index (χ0) is 14.9. The molecule has 0 heterocycles. The summed E-state index contributed by atoms with van der Waals surface area (Å²) in [7, 11) is 0. The van der Waals surface area contributed by atoms with Crippen LogP contribution >= 0.6 is 0 Å². The Balaban J connectivity index is 1.98. The molecule has 0 saturated carbocycles. The summed E-state index contributed by atoms with van der Waals surface area (Å²) in [5.74, 6) is 1.67. The largest absolute Gasteiger partial charge is 0.494 e. The zero-order valence-corrected chi connectivity index (χ0v) is 12.4. The number of anilines is 1. The van der Waals surface area contributed by atoms with Crippen LogP contribution in [0.2, 0.25) is 0 Å². The lowest BCUT2D eigenvalue weighted by molar-refractivity contribution is 0.340. The van der Waals surface area contributed by atoms with Crippen molar-refractivity contribution in [1.29, 1.82) is 0 Å². The highest BCUT2D eigenvalue weighted by atomic mass is 16.5. The molecule has 21 heavy (non-hydrogen) atoms. The number of benzene rings is 2. The van der Waals surface area contributed by atoms with Crippen LogP contribution in [0.25, 0.3) is 0 Å². The molecule has 0 unspecified atom stereocenters. The maximum absolute atomic E-state index is 5.45. The van der Waals surface area contributed by atoms with Crippen LogP contribution in [0, 0.1) is 0 Å². The molecular weight excluding hydrogens is 264 g/mol. The maximum atomic E-state index is 5.45. The van der Waals surface area contributed by atoms with Gasteiger partial charge in [-0.05, 0) is 38.1 Å². The Bertz CT molecular complexity index is 597. The third-order valence-corrected chi connectivity index (χ3v) is 2.72. The molecule has 0 radical (unpaired) electrons. The fraction of sp³-hybridized carbons (Fsp3) is 0.235. The predicted octanol–water partition coefficient (Wildman–Crippen LogP) is 4.26. The van der Waals surface area contributed by atoms with Crippen molar-refractivity contribution in [2.45, 2.75) is 13.8 Å². The van der Waals surface area contributed by atoms with Crippen molar-refractivity contribution < 1.29 is 9.47 Å². The Hall–Kier alpha value is -2.49. The smallest absolute Gasteiger partial charge is 0.121 e. The van der Waals surface area contributed by atoms with Crippen LogP contribution in [0.5, 0.6) is 11.5 Å². The molecule has 0 aromatic heterocycles. The van der Waals surface area contributed by atoms with Gasteiger partial charge in [-0.3, -0.25) is 0 Å². The fourth-order valence-corrected chi connectivity index (χ4v) is 1.84. The van der Waals surface area contributed by atoms with Gasteiger partial charge in [-0.1, -0.05) is 12.1 Å². The van der Waals surface area contributed by atoms with Crippen molar-refractivity contribution >= 4 is 17.7 Å². The third-order valence-electron chi connectivity index (χ3n) is 2.72. The molecule has 4 nitrogen and oxygen atoms in total. The number of nitrogens with one attached hydrogen (secondary N) is 1. The van der Waals surface area contributed by atoms with E-state index in [0.29, 0.717) is 13.2 Å². The lowest BCUT2D eigenvalue weighted by Gasteiger charge is -2.05. The standard InChI is InChI=1S/C17H20N2O2/c1-3-20-16-9-5-7-14(11-16)18-13-19-15-8-6-10-17(12-15)21-4-2/h5-13H,3-4H2,1-2H3,(H,18,19). The molecule has 0 aliphatic rings. The zero-order valence-electron chi connectivity index (χ0n) is 12.4. The normalized spacial score (nSPS) is 10.6. The molecule has 0 bridgehead atoms. The van der Waals surface area contributed by atoms with E-state index in [0.717, 1.165) is 22.9 Å². The quantitative estimate of drug-likeness (QED) is 0.610. The Morgan fingerprint density at radius 2 is 1.62 bits per heavy atom. The van der Waals surface area contributed by atoms with Gasteiger partial charge in [0.25, 0.3) is 0 Å². The van der Waals surface area contributed by atoms with Gasteiger partial charge in [0.2, 0.25) is 0 Å². The molecule has 0 aliphatic carbocycles. The van der Waals surface area contributed by atoms with Gasteiger partial charge in [-0.2, -0.15) is 0 Å². The first-order valence-electron chi connectivity index (χ1n) is 7.06. The second kappa shape index (κ2) is 7.94. The summed E-state index contributed by atoms with van der Waals surface area (Å²) < 4.78 is 10.9. The topological polar surface area (TPSA) is 42.8 Å². The van der Waals surface area contributed by atoms with Crippen molar-refractivity contribution in [2.75, 3.05) is 18.5 Å². The molecule has 2 rings (SSSR count). The Kier molecular flexibility index (Phi) is 5.64. The highest BCUT2D eigenvalue weighted by molar-refractivity contribution is 5.78. The highest BCUT2D eigenvalue weighted by Gasteiger charge is 1.95. The minimum atomic E-state index is 0.648. The summed E-state index contributed by atoms with van der Waals surface area (Å²) in [5.41, 5.74) is 1.78. The number of ether oxygens (including phenoxy) is 2. The van der Waals surface area contributed by atoms with E-state index >= 15 is 0 Å². The molecule has 0 amide bonds. The van der Waals surface area contributed by atoms with Crippen LogP contribution in [0.4, 0.5) is 11.4 Å². The first-order chi connectivity index (χ1) is 10.3. The maximum Gasteiger partial charge on any atom is 0.121 e. The van der Waals surface area contributed by atoms with Gasteiger partial charge in [-0.15, -0.1) is 0 Å². The Morgan fingerprint density at radius 3 is 2.33 bits per heavy atom. The van der Waals surface area contributed by atoms with Crippen molar-refractivity contribution in [2.24, 2.45) is 4.99 Å². The summed E-state index contributed by atoms with van der Waals surface area (Å²) in [6.07, 6.45) is 1.66. The van der Waals surface area contributed by atoms with Crippen molar-refractivity contribution in [3.8, 4) is 11.5 Å². The summed E-state index contributed by atoms with van der Waals surface area (Å²) >= 11 is 0. The van der Waals surface area contributed by atoms with E-state index < -0.39 is 0 Å². The van der Waals surface area contributed by atoms with Crippen LogP contribution in [0.3, 0.4) is 0 Å². The summed E-state index contributed by atoms with van der Waals surface area (Å²) in [6.45, 7) is 5.23. The summed E-state index contributed by atoms with van der Waals surface area (Å²) in [4.78, 5) is 4.36. The SMILES string of the molecule is CCOc1cccc(N=CNc2cccc(OCC)c2)c1. The monoisotopic (exact) mass is 284 g/mol. The first-order valence-corrected chi connectivity index (χ1v) is 7.06. The minimum Gasteiger partial charge on any atom is -0.494 e. The molecular formula is C17H20N2O2. The van der Waals surface area contributed by atoms with Crippen LogP contribution in [0.1, 0.15) is 13.8 Å². The number of rotatable bonds is 7. The van der Waals surface area contributed by atoms with E-state index in [2.05, 4.69) is 10.3 Å². The second-order valence-corrected chi connectivity index (χ2v) is 4.29. The van der Waals surface area contributed by atoms with Gasteiger partial charge in [0, 0.05) is 17.8 Å². The Morgan fingerprint density at radius 1 is 0.952 bits per heavy atom. The summed E-state index contributed by atoms with van der Waals surface area (Å²) in [5, 5.41) is 3.13. The molecule has 0 aliphatic heterocycles. The molecule has 0 spiro atoms. The van der Waals surface area contributed by atoms with E-state index in [4.69, 9.17) is 9.47 Å². The average molecular weight is 284 g/mol. The van der Waals surface area contributed by atoms with Gasteiger partial charge in [-0.25, -0.2) is 4.99 Å². The van der Waals surface area contributed by atoms with Crippen LogP contribution < -0.4 is 14.8 Å². The van der Waals surface area contributed by atoms with Crippen LogP contribution in [0.15, 0.2) is 53.5 Å². The number of hydrogen-bond acceptors (Lipinski definition) is 3. The molecule has 110 valence electrons. The van der Waals surface area contributed by atoms with Gasteiger partial charge in [0.15, 0.2) is 0 Å². The van der Waals surface area contributed by atoms with Crippen molar-refractivity contribution in [3.05, 3.63) is 48.5 Å². The summed E-state index contributed by atoms with van der Waals surface area (Å²) in [6, 6.07) is 15.4. The molecule has 0 fully saturated rings. The number of nitrogens with zero attached hydrogens (tertiary/aromatic N) is 1. The van der Waals surface area contributed by atoms with Crippen LogP contribution in [-0.2, 0) is 0 Å². The molecule has 0 saturated heterocycles. The Labute approximate surface area is 125 Å². The van der Waals surface area contributed by atoms with Gasteiger partial charge >= 0.3 is 0 Å². The first kappa shape index (κ1) is 14.9. The number of aliphatic imine (C=N–C) groups is 1. The molecule has 1 N–H and O–H groups in total. The number of hydrogen-bond donors (Lipinski definition) is 1. The highest BCUT2D eigenvalue weighted by Crippen LogP contribution is 2.20. The second-order valence-electron chi connectivity index (χ2n) is 4.29. The van der Waals surface area contributed by atoms with E-state index in [-0.39, 0.29) is 0 Å². The van der Waals surface area contributed by atoms with Crippen LogP contribution in [-0.4, -0.2) is 19.6 Å². The average Bonchev–Trinajstić information content (AvgIpc) is 2.49. The van der Waals surface area contributed by atoms with Crippen molar-refractivity contribution in [1.82, 2.24) is 0 Å². The molecule has 4 heteroatoms. The van der Waals surface area contributed by atoms with E-state index in [1.165, 1.54) is 0 Å². The van der Waals surface area contributed by atoms with Gasteiger partial charge in [0.1, 0.15) is 11.5 Å². The van der Waals surface area contributed by atoms with Crippen molar-refractivity contribution in [3.63, 3.8) is 0 Å². The van der Waals surface area contributed by atoms with E-state index in [1.54, 1.807) is 6.34 Å². The minimum absolute atomic E-state index is 0.648. The molecule has 2 aromatic carbocycles. The van der Waals surface area contributed by atoms with Gasteiger partial charge < -0.3 is 14.8 Å². The van der Waals surface area contributed by atoms with E-state index in [1.807, 2.05) is 62.4 Å². The third kappa shape index (κ3) is 4.84. The molecule has 0 atom stereocenters. The lowest BCUT2D eigenvalue weighted by atomic mass is 10.3. The lowest BCUT2D eigenvalue weighted by Crippen LogP contribution is -1.96. The predicted molar refractivity (Wildman–Crippen MR) is 87.0 cm³/mol. The van der Waals surface area contributed by atoms with E-state index in [9.17, 15) is 0 Å². The molecule has 2 aromatic rings.